The van der Waals surface area contributed by atoms with E-state index in [1.165, 1.54) is 29.1 Å². The van der Waals surface area contributed by atoms with Crippen molar-refractivity contribution in [2.75, 3.05) is 0 Å². The molecule has 0 aliphatic carbocycles. The normalized spacial score (nSPS) is 10.1. The van der Waals surface area contributed by atoms with E-state index in [-0.39, 0.29) is 11.4 Å². The van der Waals surface area contributed by atoms with Gasteiger partial charge in [-0.2, -0.15) is 5.10 Å². The van der Waals surface area contributed by atoms with E-state index in [2.05, 4.69) is 15.3 Å². The molecule has 3 N–H and O–H groups in total. The second-order valence-corrected chi connectivity index (χ2v) is 3.09. The molecule has 0 radical (unpaired) electrons. The van der Waals surface area contributed by atoms with Crippen LogP contribution in [0, 0.1) is 0 Å². The lowest BCUT2D eigenvalue weighted by atomic mass is 10.4. The molecule has 0 bridgehead atoms. The number of carboxylic acid groups (broad SMARTS) is 1. The molecule has 0 aliphatic heterocycles. The van der Waals surface area contributed by atoms with Gasteiger partial charge in [0.25, 0.3) is 5.91 Å². The minimum absolute atomic E-state index is 0.0918. The first-order valence-corrected chi connectivity index (χ1v) is 4.51. The van der Waals surface area contributed by atoms with E-state index in [1.54, 1.807) is 0 Å². The number of nitrogens with two attached hydrogens (primary N) is 1. The number of hydrogen-bond donors (Lipinski definition) is 2. The number of hydrogen-bond acceptors (Lipinski definition) is 5. The number of carbonyl (C=O) groups is 2. The number of aromatic nitrogens is 4. The number of aromatic carboxylic acids is 1. The first-order chi connectivity index (χ1) is 8.08. The molecule has 8 nitrogen and oxygen atoms in total. The molecule has 0 aliphatic rings. The monoisotopic (exact) mass is 233 g/mol. The third kappa shape index (κ3) is 2.09. The van der Waals surface area contributed by atoms with Crippen molar-refractivity contribution >= 4 is 11.9 Å². The van der Waals surface area contributed by atoms with Crippen LogP contribution in [0.2, 0.25) is 0 Å². The van der Waals surface area contributed by atoms with Crippen LogP contribution in [0.1, 0.15) is 21.0 Å². The molecule has 0 saturated heterocycles. The highest BCUT2D eigenvalue weighted by Gasteiger charge is 2.09. The van der Waals surface area contributed by atoms with Crippen LogP contribution in [0.5, 0.6) is 0 Å². The Morgan fingerprint density at radius 3 is 2.41 bits per heavy atom. The highest BCUT2D eigenvalue weighted by Crippen LogP contribution is 2.04. The van der Waals surface area contributed by atoms with Crippen molar-refractivity contribution in [3.05, 3.63) is 35.8 Å². The van der Waals surface area contributed by atoms with Gasteiger partial charge < -0.3 is 10.8 Å². The Kier molecular flexibility index (Phi) is 2.53. The lowest BCUT2D eigenvalue weighted by molar-refractivity contribution is 0.0689. The van der Waals surface area contributed by atoms with Crippen LogP contribution in [0.25, 0.3) is 5.82 Å². The summed E-state index contributed by atoms with van der Waals surface area (Å²) < 4.78 is 1.28. The predicted octanol–water partition coefficient (Wildman–Crippen LogP) is -0.541. The molecule has 17 heavy (non-hydrogen) atoms. The molecular formula is C9H7N5O3. The van der Waals surface area contributed by atoms with Gasteiger partial charge in [-0.3, -0.25) is 4.79 Å². The summed E-state index contributed by atoms with van der Waals surface area (Å²) in [4.78, 5) is 21.4. The Morgan fingerprint density at radius 2 is 1.94 bits per heavy atom. The quantitative estimate of drug-likeness (QED) is 0.733. The maximum atomic E-state index is 10.8. The standard InChI is InChI=1S/C9H7N5O3/c10-8(15)5-3-4-14(13-5)7-2-1-6(9(16)17)11-12-7/h1-4H,(H2,10,15)(H,16,17). The molecule has 0 fully saturated rings. The number of amides is 1. The second-order valence-electron chi connectivity index (χ2n) is 3.09. The van der Waals surface area contributed by atoms with Gasteiger partial charge in [-0.25, -0.2) is 9.48 Å². The van der Waals surface area contributed by atoms with Crippen molar-refractivity contribution < 1.29 is 14.7 Å². The van der Waals surface area contributed by atoms with Crippen molar-refractivity contribution in [2.45, 2.75) is 0 Å². The summed E-state index contributed by atoms with van der Waals surface area (Å²) in [5.41, 5.74) is 4.96. The van der Waals surface area contributed by atoms with Crippen molar-refractivity contribution in [1.82, 2.24) is 20.0 Å². The lowest BCUT2D eigenvalue weighted by Gasteiger charge is -1.98. The lowest BCUT2D eigenvalue weighted by Crippen LogP contribution is -2.12. The van der Waals surface area contributed by atoms with Crippen molar-refractivity contribution in [3.63, 3.8) is 0 Å². The Morgan fingerprint density at radius 1 is 1.18 bits per heavy atom. The van der Waals surface area contributed by atoms with Gasteiger partial charge in [0.05, 0.1) is 0 Å². The molecule has 0 spiro atoms. The first-order valence-electron chi connectivity index (χ1n) is 4.51. The van der Waals surface area contributed by atoms with Gasteiger partial charge in [-0.05, 0) is 18.2 Å². The zero-order chi connectivity index (χ0) is 12.4. The molecule has 86 valence electrons. The van der Waals surface area contributed by atoms with E-state index in [9.17, 15) is 9.59 Å². The van der Waals surface area contributed by atoms with E-state index in [0.29, 0.717) is 5.82 Å². The number of primary amides is 1. The Bertz CT molecular complexity index is 575. The zero-order valence-corrected chi connectivity index (χ0v) is 8.44. The summed E-state index contributed by atoms with van der Waals surface area (Å²) in [5, 5.41) is 19.6. The van der Waals surface area contributed by atoms with Crippen molar-refractivity contribution in [2.24, 2.45) is 5.73 Å². The molecule has 2 rings (SSSR count). The molecule has 0 unspecified atom stereocenters. The first kappa shape index (κ1) is 10.7. The fourth-order valence-electron chi connectivity index (χ4n) is 1.14. The molecule has 2 aromatic rings. The van der Waals surface area contributed by atoms with Crippen LogP contribution in [0.15, 0.2) is 24.4 Å². The molecular weight excluding hydrogens is 226 g/mol. The van der Waals surface area contributed by atoms with Crippen LogP contribution in [-0.4, -0.2) is 37.0 Å². The third-order valence-corrected chi connectivity index (χ3v) is 1.95. The Labute approximate surface area is 94.7 Å². The average molecular weight is 233 g/mol. The minimum Gasteiger partial charge on any atom is -0.476 e. The summed E-state index contributed by atoms with van der Waals surface area (Å²) in [6, 6.07) is 4.14. The SMILES string of the molecule is NC(=O)c1ccn(-c2ccc(C(=O)O)nn2)n1. The van der Waals surface area contributed by atoms with Crippen LogP contribution in [0.4, 0.5) is 0 Å². The highest BCUT2D eigenvalue weighted by atomic mass is 16.4. The molecule has 2 aromatic heterocycles. The van der Waals surface area contributed by atoms with E-state index in [4.69, 9.17) is 10.8 Å². The van der Waals surface area contributed by atoms with Gasteiger partial charge in [0.2, 0.25) is 0 Å². The van der Waals surface area contributed by atoms with Crippen LogP contribution in [-0.2, 0) is 0 Å². The van der Waals surface area contributed by atoms with Crippen LogP contribution < -0.4 is 5.73 Å². The minimum atomic E-state index is -1.16. The van der Waals surface area contributed by atoms with Crippen LogP contribution in [0.3, 0.4) is 0 Å². The molecule has 8 heteroatoms. The van der Waals surface area contributed by atoms with Gasteiger partial charge >= 0.3 is 5.97 Å². The maximum absolute atomic E-state index is 10.8. The molecule has 0 aromatic carbocycles. The molecule has 2 heterocycles. The number of nitrogens with zero attached hydrogens (tertiary/aromatic N) is 4. The molecule has 0 atom stereocenters. The van der Waals surface area contributed by atoms with Gasteiger partial charge in [0, 0.05) is 6.20 Å². The van der Waals surface area contributed by atoms with E-state index in [1.807, 2.05) is 0 Å². The molecule has 1 amide bonds. The number of rotatable bonds is 3. The largest absolute Gasteiger partial charge is 0.476 e. The van der Waals surface area contributed by atoms with Crippen molar-refractivity contribution in [3.8, 4) is 5.82 Å². The topological polar surface area (TPSA) is 124 Å². The van der Waals surface area contributed by atoms with E-state index >= 15 is 0 Å². The van der Waals surface area contributed by atoms with E-state index < -0.39 is 11.9 Å². The number of carboxylic acids is 1. The number of carbonyl (C=O) groups excluding carboxylic acids is 1. The third-order valence-electron chi connectivity index (χ3n) is 1.95. The fraction of sp³-hybridized carbons (Fsp3) is 0. The summed E-state index contributed by atoms with van der Waals surface area (Å²) in [5.74, 6) is -1.52. The second kappa shape index (κ2) is 4.00. The predicted molar refractivity (Wildman–Crippen MR) is 54.6 cm³/mol. The fourth-order valence-corrected chi connectivity index (χ4v) is 1.14. The zero-order valence-electron chi connectivity index (χ0n) is 8.44. The van der Waals surface area contributed by atoms with Crippen LogP contribution >= 0.6 is 0 Å². The van der Waals surface area contributed by atoms with Gasteiger partial charge in [0.1, 0.15) is 5.69 Å². The highest BCUT2D eigenvalue weighted by molar-refractivity contribution is 5.90. The summed E-state index contributed by atoms with van der Waals surface area (Å²) in [6.45, 7) is 0. The Hall–Kier alpha value is -2.77. The summed E-state index contributed by atoms with van der Waals surface area (Å²) in [6.07, 6.45) is 1.48. The Balaban J connectivity index is 2.33. The summed E-state index contributed by atoms with van der Waals surface area (Å²) >= 11 is 0. The van der Waals surface area contributed by atoms with Gasteiger partial charge in [0.15, 0.2) is 11.5 Å². The van der Waals surface area contributed by atoms with Crippen molar-refractivity contribution in [1.29, 1.82) is 0 Å². The van der Waals surface area contributed by atoms with Gasteiger partial charge in [-0.1, -0.05) is 0 Å². The average Bonchev–Trinajstić information content (AvgIpc) is 2.78. The smallest absolute Gasteiger partial charge is 0.356 e. The maximum Gasteiger partial charge on any atom is 0.356 e. The molecule has 0 saturated carbocycles. The summed E-state index contributed by atoms with van der Waals surface area (Å²) in [7, 11) is 0. The van der Waals surface area contributed by atoms with Gasteiger partial charge in [-0.15, -0.1) is 10.2 Å². The van der Waals surface area contributed by atoms with E-state index in [0.717, 1.165) is 0 Å².